The van der Waals surface area contributed by atoms with Gasteiger partial charge in [-0.1, -0.05) is 24.0 Å². The van der Waals surface area contributed by atoms with Crippen molar-refractivity contribution in [1.82, 2.24) is 10.6 Å². The Hall–Kier alpha value is -4.28. The predicted octanol–water partition coefficient (Wildman–Crippen LogP) is 4.16. The lowest BCUT2D eigenvalue weighted by molar-refractivity contribution is 0.0943. The number of carbonyl (C=O) groups is 1. The minimum absolute atomic E-state index is 0. The second kappa shape index (κ2) is 24.8. The molecule has 5 N–H and O–H groups in total. The van der Waals surface area contributed by atoms with Gasteiger partial charge in [-0.2, -0.15) is 0 Å². The van der Waals surface area contributed by atoms with Crippen LogP contribution in [-0.4, -0.2) is 31.0 Å². The van der Waals surface area contributed by atoms with E-state index in [4.69, 9.17) is 11.1 Å². The van der Waals surface area contributed by atoms with E-state index in [1.165, 1.54) is 5.56 Å². The summed E-state index contributed by atoms with van der Waals surface area (Å²) in [6, 6.07) is 7.95. The number of hydrogen-bond donors (Lipinski definition) is 3. The maximum absolute atomic E-state index is 11.7. The van der Waals surface area contributed by atoms with Crippen LogP contribution in [0.2, 0.25) is 0 Å². The summed E-state index contributed by atoms with van der Waals surface area (Å²) in [5.41, 5.74) is 14.2. The molecule has 7 nitrogen and oxygen atoms in total. The molecule has 1 rings (SSSR count). The molecule has 32 heavy (non-hydrogen) atoms. The molecule has 0 fully saturated rings. The Labute approximate surface area is 200 Å². The summed E-state index contributed by atoms with van der Waals surface area (Å²) < 4.78 is 0. The van der Waals surface area contributed by atoms with Crippen LogP contribution in [0, 0.1) is 64.7 Å². The Morgan fingerprint density at radius 2 is 1.41 bits per heavy atom. The maximum atomic E-state index is 11.7. The van der Waals surface area contributed by atoms with E-state index in [1.54, 1.807) is 18.8 Å². The van der Waals surface area contributed by atoms with Crippen molar-refractivity contribution >= 4 is 5.91 Å². The summed E-state index contributed by atoms with van der Waals surface area (Å²) in [5, 5.41) is 5.97. The topological polar surface area (TPSA) is 133 Å². The van der Waals surface area contributed by atoms with Crippen molar-refractivity contribution < 1.29 is 18.8 Å². The zero-order valence-electron chi connectivity index (χ0n) is 19.1. The van der Waals surface area contributed by atoms with Gasteiger partial charge < -0.3 is 16.1 Å². The fourth-order valence-corrected chi connectivity index (χ4v) is 1.75. The first-order valence-electron chi connectivity index (χ1n) is 9.35. The van der Waals surface area contributed by atoms with E-state index in [-0.39, 0.29) is 26.0 Å². The van der Waals surface area contributed by atoms with E-state index in [0.717, 1.165) is 18.5 Å². The molecule has 0 bridgehead atoms. The largest absolute Gasteiger partial charge is 0.412 e. The first kappa shape index (κ1) is 32.4. The summed E-state index contributed by atoms with van der Waals surface area (Å²) in [6.07, 6.45) is 0.989. The molecule has 0 aromatic heterocycles. The molecule has 0 radical (unpaired) electrons. The average Bonchev–Trinajstić information content (AvgIpc) is 2.75. The van der Waals surface area contributed by atoms with Crippen molar-refractivity contribution in [3.63, 3.8) is 0 Å². The van der Waals surface area contributed by atoms with Gasteiger partial charge in [0.1, 0.15) is 0 Å². The third-order valence-electron chi connectivity index (χ3n) is 2.99. The maximum Gasteiger partial charge on any atom is 0.251 e. The van der Waals surface area contributed by atoms with Gasteiger partial charge in [-0.3, -0.25) is 4.79 Å². The van der Waals surface area contributed by atoms with Crippen LogP contribution in [0.15, 0.2) is 24.3 Å². The Morgan fingerprint density at radius 3 is 1.75 bits per heavy atom. The van der Waals surface area contributed by atoms with E-state index >= 15 is 0 Å². The Morgan fingerprint density at radius 1 is 1.00 bits per heavy atom. The third-order valence-corrected chi connectivity index (χ3v) is 2.99. The first-order valence-corrected chi connectivity index (χ1v) is 9.35. The van der Waals surface area contributed by atoms with Crippen LogP contribution in [0.1, 0.15) is 52.2 Å². The zero-order chi connectivity index (χ0) is 23.7. The summed E-state index contributed by atoms with van der Waals surface area (Å²) in [5.74, 6) is 25.6. The number of carbonyl (C=O) groups excluding carboxylic acids is 1. The molecule has 178 valence electrons. The molecular formula is C25H41N5O2. The van der Waals surface area contributed by atoms with Crippen LogP contribution in [0.4, 0.5) is 0 Å². The zero-order valence-corrected chi connectivity index (χ0v) is 19.1. The minimum Gasteiger partial charge on any atom is -0.412 e. The number of hydrogen-bond acceptors (Lipinski definition) is 3. The summed E-state index contributed by atoms with van der Waals surface area (Å²) in [6.45, 7) is 8.31. The van der Waals surface area contributed by atoms with Crippen LogP contribution in [-0.2, 0) is 6.42 Å². The van der Waals surface area contributed by atoms with Gasteiger partial charge in [-0.25, -0.2) is 0 Å². The van der Waals surface area contributed by atoms with E-state index in [9.17, 15) is 4.79 Å². The molecule has 0 unspecified atom stereocenters. The number of nitrogens with zero attached hydrogens (tertiary/aromatic N) is 2. The van der Waals surface area contributed by atoms with Crippen LogP contribution in [0.3, 0.4) is 0 Å². The molecule has 0 spiro atoms. The standard InChI is InChI=1S/C13H20N2O.C12H6.HN3.H2O.6H2/c1-10(2)15-13(16)12-6-4-11(5-7-12)8-9-14-3;1-3-5-7-9-11-12-10-8-6-4-2;1-3-2;;;;;;;/h4-7,10,14H,8-9H2,1-3H3,(H,15,16);1-2H3;1H;1H2;6*1H. The van der Waals surface area contributed by atoms with Crippen molar-refractivity contribution in [3.8, 4) is 59.2 Å². The van der Waals surface area contributed by atoms with Gasteiger partial charge in [0.15, 0.2) is 0 Å². The van der Waals surface area contributed by atoms with Crippen molar-refractivity contribution in [2.45, 2.75) is 40.2 Å². The van der Waals surface area contributed by atoms with Crippen molar-refractivity contribution in [1.29, 1.82) is 5.53 Å². The molecule has 0 heterocycles. The van der Waals surface area contributed by atoms with Crippen molar-refractivity contribution in [2.24, 2.45) is 0 Å². The number of benzene rings is 1. The molecule has 0 saturated carbocycles. The number of nitrogens with one attached hydrogen (secondary N) is 3. The highest BCUT2D eigenvalue weighted by Crippen LogP contribution is 2.05. The quantitative estimate of drug-likeness (QED) is 0.273. The Bertz CT molecular complexity index is 993. The summed E-state index contributed by atoms with van der Waals surface area (Å²) >= 11 is 0. The monoisotopic (exact) mass is 443 g/mol. The molecule has 1 aromatic carbocycles. The van der Waals surface area contributed by atoms with Gasteiger partial charge in [0, 0.05) is 20.2 Å². The first-order chi connectivity index (χ1) is 15.0. The molecular weight excluding hydrogens is 402 g/mol. The smallest absolute Gasteiger partial charge is 0.251 e. The second-order valence-corrected chi connectivity index (χ2v) is 5.78. The predicted molar refractivity (Wildman–Crippen MR) is 143 cm³/mol. The molecule has 7 heteroatoms. The molecule has 0 atom stereocenters. The normalized spacial score (nSPS) is 6.94. The average molecular weight is 444 g/mol. The number of amides is 1. The van der Waals surface area contributed by atoms with Crippen molar-refractivity contribution in [2.75, 3.05) is 13.6 Å². The molecule has 1 amide bonds. The van der Waals surface area contributed by atoms with Crippen LogP contribution < -0.4 is 10.6 Å². The van der Waals surface area contributed by atoms with Gasteiger partial charge in [-0.15, -0.1) is 5.53 Å². The second-order valence-electron chi connectivity index (χ2n) is 5.78. The van der Waals surface area contributed by atoms with Gasteiger partial charge in [0.25, 0.3) is 5.91 Å². The fraction of sp³-hybridized carbons (Fsp3) is 0.320. The summed E-state index contributed by atoms with van der Waals surface area (Å²) in [7, 11) is 1.93. The number of likely N-dealkylation sites (N-methyl/N-ethyl adjacent to an activating group) is 1. The molecule has 1 aromatic rings. The van der Waals surface area contributed by atoms with E-state index in [2.05, 4.69) is 69.8 Å². The molecule has 0 aliphatic heterocycles. The number of rotatable bonds is 5. The lowest BCUT2D eigenvalue weighted by atomic mass is 10.1. The fourth-order valence-electron chi connectivity index (χ4n) is 1.75. The highest BCUT2D eigenvalue weighted by atomic mass is 16.1. The highest BCUT2D eigenvalue weighted by Gasteiger charge is 2.05. The molecule has 0 aliphatic rings. The highest BCUT2D eigenvalue weighted by molar-refractivity contribution is 5.94. The van der Waals surface area contributed by atoms with Crippen LogP contribution >= 0.6 is 0 Å². The lowest BCUT2D eigenvalue weighted by Gasteiger charge is -2.08. The van der Waals surface area contributed by atoms with E-state index in [1.807, 2.05) is 45.2 Å². The van der Waals surface area contributed by atoms with Gasteiger partial charge >= 0.3 is 0 Å². The van der Waals surface area contributed by atoms with Gasteiger partial charge in [0.05, 0.1) is 0 Å². The molecule has 0 aliphatic carbocycles. The minimum atomic E-state index is -0.00448. The van der Waals surface area contributed by atoms with Gasteiger partial charge in [0.2, 0.25) is 0 Å². The summed E-state index contributed by atoms with van der Waals surface area (Å²) in [4.78, 5) is 13.4. The molecule has 0 saturated heterocycles. The van der Waals surface area contributed by atoms with Crippen LogP contribution in [0.5, 0.6) is 0 Å². The Balaban J connectivity index is -0.0000000500. The van der Waals surface area contributed by atoms with Crippen molar-refractivity contribution in [3.05, 3.63) is 45.8 Å². The lowest BCUT2D eigenvalue weighted by Crippen LogP contribution is -2.30. The van der Waals surface area contributed by atoms with Gasteiger partial charge in [-0.05, 0) is 123 Å². The third kappa shape index (κ3) is 22.0. The SMILES string of the molecule is CC#CC#CC#CC#CC#CC.CNCCc1ccc(C(=O)NC(C)C)cc1.O.[HH].[HH].[HH].[HH].[HH].[HH].[N-]=[N+]=N. The van der Waals surface area contributed by atoms with E-state index in [0.29, 0.717) is 0 Å². The van der Waals surface area contributed by atoms with E-state index < -0.39 is 0 Å². The van der Waals surface area contributed by atoms with Crippen LogP contribution in [0.25, 0.3) is 10.4 Å². The Kier molecular flexibility index (Phi) is 25.1.